The van der Waals surface area contributed by atoms with Crippen molar-refractivity contribution >= 4 is 23.0 Å². The van der Waals surface area contributed by atoms with Gasteiger partial charge in [-0.25, -0.2) is 0 Å². The van der Waals surface area contributed by atoms with Gasteiger partial charge in [0.15, 0.2) is 5.11 Å². The standard InChI is InChI=1S/C31H33N5OS/c1-22-20-27(23(2)36(22)26-13-11-25(12-14-26)34-16-18-37-19-17-34)30-29(28-10-6-7-15-32-28)33-31(38)35(30)21-24-8-4-3-5-9-24/h3-15,20,29-30H,16-19,21H2,1-2H3,(H,33,38)/t29-,30+/m1/s1. The van der Waals surface area contributed by atoms with E-state index < -0.39 is 0 Å². The number of morpholine rings is 1. The van der Waals surface area contributed by atoms with Crippen molar-refractivity contribution in [3.8, 4) is 5.69 Å². The average Bonchev–Trinajstić information content (AvgIpc) is 3.44. The quantitative estimate of drug-likeness (QED) is 0.337. The summed E-state index contributed by atoms with van der Waals surface area (Å²) in [5.41, 5.74) is 8.32. The summed E-state index contributed by atoms with van der Waals surface area (Å²) >= 11 is 5.91. The summed E-state index contributed by atoms with van der Waals surface area (Å²) in [5.74, 6) is 0. The van der Waals surface area contributed by atoms with Crippen molar-refractivity contribution in [2.24, 2.45) is 0 Å². The van der Waals surface area contributed by atoms with E-state index in [4.69, 9.17) is 21.9 Å². The van der Waals surface area contributed by atoms with E-state index in [9.17, 15) is 0 Å². The Morgan fingerprint density at radius 1 is 0.921 bits per heavy atom. The van der Waals surface area contributed by atoms with Gasteiger partial charge < -0.3 is 24.4 Å². The molecule has 0 unspecified atom stereocenters. The van der Waals surface area contributed by atoms with E-state index in [1.165, 1.54) is 33.9 Å². The van der Waals surface area contributed by atoms with E-state index in [-0.39, 0.29) is 12.1 Å². The van der Waals surface area contributed by atoms with Gasteiger partial charge in [0.2, 0.25) is 0 Å². The van der Waals surface area contributed by atoms with Crippen molar-refractivity contribution < 1.29 is 4.74 Å². The number of benzene rings is 2. The molecule has 2 atom stereocenters. The van der Waals surface area contributed by atoms with Gasteiger partial charge >= 0.3 is 0 Å². The fraction of sp³-hybridized carbons (Fsp3) is 0.290. The maximum atomic E-state index is 5.91. The van der Waals surface area contributed by atoms with E-state index in [0.29, 0.717) is 0 Å². The maximum Gasteiger partial charge on any atom is 0.170 e. The zero-order valence-corrected chi connectivity index (χ0v) is 22.7. The van der Waals surface area contributed by atoms with Gasteiger partial charge in [-0.1, -0.05) is 36.4 Å². The topological polar surface area (TPSA) is 45.6 Å². The van der Waals surface area contributed by atoms with Crippen LogP contribution in [0.2, 0.25) is 0 Å². The fourth-order valence-corrected chi connectivity index (χ4v) is 6.12. The van der Waals surface area contributed by atoms with Crippen LogP contribution in [0.3, 0.4) is 0 Å². The Labute approximate surface area is 229 Å². The molecule has 2 aliphatic rings. The second-order valence-electron chi connectivity index (χ2n) is 10.0. The zero-order chi connectivity index (χ0) is 26.1. The second-order valence-corrected chi connectivity index (χ2v) is 10.4. The average molecular weight is 524 g/mol. The second kappa shape index (κ2) is 10.6. The van der Waals surface area contributed by atoms with E-state index >= 15 is 0 Å². The van der Waals surface area contributed by atoms with Gasteiger partial charge in [-0.2, -0.15) is 0 Å². The van der Waals surface area contributed by atoms with Crippen molar-refractivity contribution in [3.63, 3.8) is 0 Å². The molecule has 4 heterocycles. The molecular weight excluding hydrogens is 490 g/mol. The van der Waals surface area contributed by atoms with Crippen LogP contribution >= 0.6 is 12.2 Å². The molecule has 2 fully saturated rings. The molecule has 2 saturated heterocycles. The molecule has 0 radical (unpaired) electrons. The Balaban J connectivity index is 1.38. The Hall–Kier alpha value is -3.68. The Morgan fingerprint density at radius 2 is 1.63 bits per heavy atom. The molecule has 2 aromatic heterocycles. The molecule has 6 rings (SSSR count). The predicted molar refractivity (Wildman–Crippen MR) is 156 cm³/mol. The summed E-state index contributed by atoms with van der Waals surface area (Å²) in [7, 11) is 0. The highest BCUT2D eigenvalue weighted by Gasteiger charge is 2.41. The van der Waals surface area contributed by atoms with Crippen molar-refractivity contribution in [1.82, 2.24) is 19.8 Å². The van der Waals surface area contributed by atoms with E-state index in [0.717, 1.165) is 43.7 Å². The first-order valence-corrected chi connectivity index (χ1v) is 13.6. The number of rotatable bonds is 6. The molecule has 6 nitrogen and oxygen atoms in total. The van der Waals surface area contributed by atoms with Crippen molar-refractivity contribution in [3.05, 3.63) is 113 Å². The molecule has 0 bridgehead atoms. The number of thiocarbonyl (C=S) groups is 1. The minimum Gasteiger partial charge on any atom is -0.378 e. The normalized spacial score (nSPS) is 19.6. The lowest BCUT2D eigenvalue weighted by molar-refractivity contribution is 0.122. The minimum absolute atomic E-state index is 0.0187. The van der Waals surface area contributed by atoms with Crippen LogP contribution in [0.1, 0.15) is 40.3 Å². The lowest BCUT2D eigenvalue weighted by atomic mass is 9.96. The smallest absolute Gasteiger partial charge is 0.170 e. The number of ether oxygens (including phenoxy) is 1. The number of anilines is 1. The molecule has 0 spiro atoms. The summed E-state index contributed by atoms with van der Waals surface area (Å²) in [4.78, 5) is 9.42. The molecular formula is C31H33N5OS. The largest absolute Gasteiger partial charge is 0.378 e. The first-order valence-electron chi connectivity index (χ1n) is 13.2. The van der Waals surface area contributed by atoms with Crippen LogP contribution < -0.4 is 10.2 Å². The number of hydrogen-bond acceptors (Lipinski definition) is 4. The third-order valence-corrected chi connectivity index (χ3v) is 8.02. The van der Waals surface area contributed by atoms with Gasteiger partial charge in [-0.3, -0.25) is 4.98 Å². The van der Waals surface area contributed by atoms with E-state index in [1.54, 1.807) is 0 Å². The highest BCUT2D eigenvalue weighted by atomic mass is 32.1. The van der Waals surface area contributed by atoms with E-state index in [1.807, 2.05) is 18.3 Å². The van der Waals surface area contributed by atoms with Crippen LogP contribution in [-0.2, 0) is 11.3 Å². The molecule has 0 amide bonds. The monoisotopic (exact) mass is 523 g/mol. The SMILES string of the molecule is Cc1cc([C@H]2[C@@H](c3ccccn3)NC(=S)N2Cc2ccccc2)c(C)n1-c1ccc(N2CCOCC2)cc1. The number of nitrogens with zero attached hydrogens (tertiary/aromatic N) is 4. The molecule has 194 valence electrons. The van der Waals surface area contributed by atoms with Crippen LogP contribution in [0.15, 0.2) is 85.1 Å². The number of aromatic nitrogens is 2. The highest BCUT2D eigenvalue weighted by Crippen LogP contribution is 2.42. The lowest BCUT2D eigenvalue weighted by Crippen LogP contribution is -2.36. The van der Waals surface area contributed by atoms with Gasteiger partial charge in [-0.05, 0) is 79.7 Å². The fourth-order valence-electron chi connectivity index (χ4n) is 5.81. The Kier molecular flexibility index (Phi) is 6.87. The van der Waals surface area contributed by atoms with Gasteiger partial charge in [0, 0.05) is 48.6 Å². The van der Waals surface area contributed by atoms with Crippen LogP contribution in [-0.4, -0.2) is 45.9 Å². The number of aryl methyl sites for hydroxylation is 1. The molecule has 4 aromatic rings. The maximum absolute atomic E-state index is 5.91. The summed E-state index contributed by atoms with van der Waals surface area (Å²) in [5, 5.41) is 4.36. The predicted octanol–water partition coefficient (Wildman–Crippen LogP) is 5.50. The van der Waals surface area contributed by atoms with E-state index in [2.05, 4.69) is 100 Å². The first kappa shape index (κ1) is 24.6. The molecule has 0 saturated carbocycles. The van der Waals surface area contributed by atoms with Crippen LogP contribution in [0.25, 0.3) is 5.69 Å². The van der Waals surface area contributed by atoms with Gasteiger partial charge in [-0.15, -0.1) is 0 Å². The third-order valence-electron chi connectivity index (χ3n) is 7.67. The zero-order valence-electron chi connectivity index (χ0n) is 21.9. The summed E-state index contributed by atoms with van der Waals surface area (Å²) in [6.45, 7) is 8.58. The molecule has 38 heavy (non-hydrogen) atoms. The van der Waals surface area contributed by atoms with Crippen molar-refractivity contribution in [2.75, 3.05) is 31.2 Å². The van der Waals surface area contributed by atoms with Crippen molar-refractivity contribution in [2.45, 2.75) is 32.5 Å². The third kappa shape index (κ3) is 4.68. The Morgan fingerprint density at radius 3 is 2.34 bits per heavy atom. The number of pyridine rings is 1. The molecule has 1 N–H and O–H groups in total. The summed E-state index contributed by atoms with van der Waals surface area (Å²) < 4.78 is 7.88. The minimum atomic E-state index is -0.0370. The summed E-state index contributed by atoms with van der Waals surface area (Å²) in [6, 6.07) is 27.8. The number of hydrogen-bond donors (Lipinski definition) is 1. The van der Waals surface area contributed by atoms with Crippen LogP contribution in [0, 0.1) is 13.8 Å². The van der Waals surface area contributed by atoms with Gasteiger partial charge in [0.05, 0.1) is 31.0 Å². The van der Waals surface area contributed by atoms with Crippen LogP contribution in [0.5, 0.6) is 0 Å². The van der Waals surface area contributed by atoms with Crippen molar-refractivity contribution in [1.29, 1.82) is 0 Å². The molecule has 2 aromatic carbocycles. The lowest BCUT2D eigenvalue weighted by Gasteiger charge is -2.29. The van der Waals surface area contributed by atoms with Crippen LogP contribution in [0.4, 0.5) is 5.69 Å². The highest BCUT2D eigenvalue weighted by molar-refractivity contribution is 7.80. The molecule has 7 heteroatoms. The Bertz CT molecular complexity index is 1400. The number of nitrogens with one attached hydrogen (secondary N) is 1. The van der Waals surface area contributed by atoms with Gasteiger partial charge in [0.25, 0.3) is 0 Å². The van der Waals surface area contributed by atoms with Gasteiger partial charge in [0.1, 0.15) is 0 Å². The molecule has 2 aliphatic heterocycles. The first-order chi connectivity index (χ1) is 18.6. The molecule has 0 aliphatic carbocycles. The summed E-state index contributed by atoms with van der Waals surface area (Å²) in [6.07, 6.45) is 1.86.